The maximum absolute atomic E-state index is 11.2. The summed E-state index contributed by atoms with van der Waals surface area (Å²) in [6, 6.07) is 5.20. The number of benzene rings is 1. The van der Waals surface area contributed by atoms with Crippen LogP contribution in [0.1, 0.15) is 19.4 Å². The summed E-state index contributed by atoms with van der Waals surface area (Å²) >= 11 is 0. The predicted octanol–water partition coefficient (Wildman–Crippen LogP) is 1.90. The van der Waals surface area contributed by atoms with E-state index in [1.807, 2.05) is 0 Å². The van der Waals surface area contributed by atoms with Gasteiger partial charge < -0.3 is 20.1 Å². The minimum atomic E-state index is -0.491. The van der Waals surface area contributed by atoms with Crippen LogP contribution in [0, 0.1) is 0 Å². The lowest BCUT2D eigenvalue weighted by Gasteiger charge is -2.12. The first kappa shape index (κ1) is 14.8. The van der Waals surface area contributed by atoms with Gasteiger partial charge in [-0.15, -0.1) is 0 Å². The topological polar surface area (TPSA) is 76.7 Å². The van der Waals surface area contributed by atoms with E-state index in [1.165, 1.54) is 6.92 Å². The van der Waals surface area contributed by atoms with Crippen LogP contribution in [-0.2, 0) is 16.1 Å². The van der Waals surface area contributed by atoms with E-state index in [-0.39, 0.29) is 12.5 Å². The van der Waals surface area contributed by atoms with Gasteiger partial charge in [0.25, 0.3) is 0 Å². The first-order chi connectivity index (χ1) is 9.06. The Morgan fingerprint density at radius 3 is 2.63 bits per heavy atom. The molecule has 2 N–H and O–H groups in total. The lowest BCUT2D eigenvalue weighted by Crippen LogP contribution is -2.24. The molecule has 0 aliphatic carbocycles. The van der Waals surface area contributed by atoms with Crippen LogP contribution in [-0.4, -0.2) is 25.7 Å². The molecule has 0 saturated carbocycles. The second-order valence-electron chi connectivity index (χ2n) is 3.78. The zero-order valence-corrected chi connectivity index (χ0v) is 11.3. The van der Waals surface area contributed by atoms with E-state index in [1.54, 1.807) is 32.2 Å². The Bertz CT molecular complexity index is 460. The molecule has 0 aromatic heterocycles. The SMILES string of the molecule is CCOC(=O)NCc1cc(NC(C)=O)ccc1OC. The maximum atomic E-state index is 11.2. The lowest BCUT2D eigenvalue weighted by atomic mass is 10.1. The third kappa shape index (κ3) is 4.87. The van der Waals surface area contributed by atoms with Crippen molar-refractivity contribution in [2.45, 2.75) is 20.4 Å². The monoisotopic (exact) mass is 266 g/mol. The number of rotatable bonds is 5. The summed E-state index contributed by atoms with van der Waals surface area (Å²) in [4.78, 5) is 22.2. The van der Waals surface area contributed by atoms with Crippen LogP contribution in [0.15, 0.2) is 18.2 Å². The molecule has 6 heteroatoms. The quantitative estimate of drug-likeness (QED) is 0.853. The van der Waals surface area contributed by atoms with E-state index in [4.69, 9.17) is 9.47 Å². The van der Waals surface area contributed by atoms with Gasteiger partial charge in [-0.2, -0.15) is 0 Å². The molecule has 19 heavy (non-hydrogen) atoms. The van der Waals surface area contributed by atoms with Crippen molar-refractivity contribution in [2.75, 3.05) is 19.0 Å². The zero-order valence-electron chi connectivity index (χ0n) is 11.3. The number of nitrogens with one attached hydrogen (secondary N) is 2. The third-order valence-corrected chi connectivity index (χ3v) is 2.30. The van der Waals surface area contributed by atoms with Crippen LogP contribution in [0.3, 0.4) is 0 Å². The minimum Gasteiger partial charge on any atom is -0.496 e. The number of carbonyl (C=O) groups is 2. The molecule has 1 aromatic rings. The van der Waals surface area contributed by atoms with Crippen molar-refractivity contribution < 1.29 is 19.1 Å². The van der Waals surface area contributed by atoms with Crippen LogP contribution in [0.4, 0.5) is 10.5 Å². The van der Waals surface area contributed by atoms with Gasteiger partial charge in [-0.1, -0.05) is 0 Å². The lowest BCUT2D eigenvalue weighted by molar-refractivity contribution is -0.114. The Morgan fingerprint density at radius 1 is 1.32 bits per heavy atom. The summed E-state index contributed by atoms with van der Waals surface area (Å²) in [5.41, 5.74) is 1.40. The van der Waals surface area contributed by atoms with Crippen molar-refractivity contribution in [3.05, 3.63) is 23.8 Å². The van der Waals surface area contributed by atoms with Crippen molar-refractivity contribution in [1.82, 2.24) is 5.32 Å². The standard InChI is InChI=1S/C13H18N2O4/c1-4-19-13(17)14-8-10-7-11(15-9(2)16)5-6-12(10)18-3/h5-7H,4,8H2,1-3H3,(H,14,17)(H,15,16). The molecule has 104 valence electrons. The Kier molecular flexibility index (Phi) is 5.66. The molecule has 0 saturated heterocycles. The van der Waals surface area contributed by atoms with Gasteiger partial charge in [0.2, 0.25) is 5.91 Å². The molecule has 6 nitrogen and oxygen atoms in total. The Morgan fingerprint density at radius 2 is 2.05 bits per heavy atom. The van der Waals surface area contributed by atoms with Crippen molar-refractivity contribution in [1.29, 1.82) is 0 Å². The summed E-state index contributed by atoms with van der Waals surface area (Å²) < 4.78 is 9.96. The molecule has 0 heterocycles. The van der Waals surface area contributed by atoms with E-state index in [2.05, 4.69) is 10.6 Å². The normalized spacial score (nSPS) is 9.63. The fraction of sp³-hybridized carbons (Fsp3) is 0.385. The Balaban J connectivity index is 2.78. The predicted molar refractivity (Wildman–Crippen MR) is 71.2 cm³/mol. The summed E-state index contributed by atoms with van der Waals surface area (Å²) in [6.45, 7) is 3.74. The average molecular weight is 266 g/mol. The van der Waals surface area contributed by atoms with Gasteiger partial charge in [0, 0.05) is 24.7 Å². The van der Waals surface area contributed by atoms with E-state index in [0.29, 0.717) is 18.0 Å². The third-order valence-electron chi connectivity index (χ3n) is 2.30. The number of methoxy groups -OCH3 is 1. The van der Waals surface area contributed by atoms with Crippen molar-refractivity contribution in [3.63, 3.8) is 0 Å². The first-order valence-corrected chi connectivity index (χ1v) is 5.92. The molecule has 0 spiro atoms. The number of amides is 2. The molecule has 0 aliphatic heterocycles. The van der Waals surface area contributed by atoms with Gasteiger partial charge in [0.05, 0.1) is 13.7 Å². The minimum absolute atomic E-state index is 0.158. The number of hydrogen-bond donors (Lipinski definition) is 2. The van der Waals surface area contributed by atoms with E-state index in [0.717, 1.165) is 5.56 Å². The van der Waals surface area contributed by atoms with E-state index >= 15 is 0 Å². The van der Waals surface area contributed by atoms with Gasteiger partial charge in [0.1, 0.15) is 5.75 Å². The number of ether oxygens (including phenoxy) is 2. The van der Waals surface area contributed by atoms with Gasteiger partial charge in [-0.05, 0) is 25.1 Å². The molecule has 0 aliphatic rings. The largest absolute Gasteiger partial charge is 0.496 e. The second-order valence-corrected chi connectivity index (χ2v) is 3.78. The van der Waals surface area contributed by atoms with Crippen molar-refractivity contribution in [3.8, 4) is 5.75 Å². The smallest absolute Gasteiger partial charge is 0.407 e. The summed E-state index contributed by atoms with van der Waals surface area (Å²) in [5, 5.41) is 5.27. The van der Waals surface area contributed by atoms with Gasteiger partial charge >= 0.3 is 6.09 Å². The molecule has 0 unspecified atom stereocenters. The van der Waals surface area contributed by atoms with Gasteiger partial charge in [-0.3, -0.25) is 4.79 Å². The number of anilines is 1. The van der Waals surface area contributed by atoms with Crippen LogP contribution in [0.5, 0.6) is 5.75 Å². The highest BCUT2D eigenvalue weighted by atomic mass is 16.5. The van der Waals surface area contributed by atoms with Gasteiger partial charge in [-0.25, -0.2) is 4.79 Å². The van der Waals surface area contributed by atoms with E-state index in [9.17, 15) is 9.59 Å². The van der Waals surface area contributed by atoms with Crippen molar-refractivity contribution >= 4 is 17.7 Å². The molecule has 0 bridgehead atoms. The number of carbonyl (C=O) groups excluding carboxylic acids is 2. The molecule has 1 aromatic carbocycles. The molecule has 1 rings (SSSR count). The maximum Gasteiger partial charge on any atom is 0.407 e. The average Bonchev–Trinajstić information content (AvgIpc) is 2.36. The molecule has 0 atom stereocenters. The molecular weight excluding hydrogens is 248 g/mol. The fourth-order valence-corrected chi connectivity index (χ4v) is 1.55. The highest BCUT2D eigenvalue weighted by Gasteiger charge is 2.07. The van der Waals surface area contributed by atoms with Crippen LogP contribution in [0.25, 0.3) is 0 Å². The van der Waals surface area contributed by atoms with E-state index < -0.39 is 6.09 Å². The van der Waals surface area contributed by atoms with Crippen molar-refractivity contribution in [2.24, 2.45) is 0 Å². The number of alkyl carbamates (subject to hydrolysis) is 1. The highest BCUT2D eigenvalue weighted by molar-refractivity contribution is 5.88. The summed E-state index contributed by atoms with van der Waals surface area (Å²) in [6.07, 6.45) is -0.491. The Labute approximate surface area is 112 Å². The van der Waals surface area contributed by atoms with Crippen LogP contribution >= 0.6 is 0 Å². The second kappa shape index (κ2) is 7.25. The Hall–Kier alpha value is -2.24. The first-order valence-electron chi connectivity index (χ1n) is 5.92. The highest BCUT2D eigenvalue weighted by Crippen LogP contribution is 2.22. The zero-order chi connectivity index (χ0) is 14.3. The fourth-order valence-electron chi connectivity index (χ4n) is 1.55. The van der Waals surface area contributed by atoms with Crippen LogP contribution < -0.4 is 15.4 Å². The van der Waals surface area contributed by atoms with Crippen LogP contribution in [0.2, 0.25) is 0 Å². The number of hydrogen-bond acceptors (Lipinski definition) is 4. The van der Waals surface area contributed by atoms with Gasteiger partial charge in [0.15, 0.2) is 0 Å². The molecule has 0 radical (unpaired) electrons. The molecule has 2 amide bonds. The summed E-state index contributed by atoms with van der Waals surface area (Å²) in [5.74, 6) is 0.473. The molecular formula is C13H18N2O4. The summed E-state index contributed by atoms with van der Waals surface area (Å²) in [7, 11) is 1.54. The molecule has 0 fully saturated rings.